The highest BCUT2D eigenvalue weighted by Gasteiger charge is 2.46. The summed E-state index contributed by atoms with van der Waals surface area (Å²) >= 11 is 0. The van der Waals surface area contributed by atoms with Gasteiger partial charge in [0.25, 0.3) is 0 Å². The topological polar surface area (TPSA) is 93.1 Å². The average molecular weight is 607 g/mol. The van der Waals surface area contributed by atoms with Gasteiger partial charge in [0.1, 0.15) is 23.0 Å². The average Bonchev–Trinajstić information content (AvgIpc) is 2.90. The lowest BCUT2D eigenvalue weighted by molar-refractivity contribution is -0.194. The fourth-order valence-corrected chi connectivity index (χ4v) is 4.34. The van der Waals surface area contributed by atoms with Gasteiger partial charge in [-0.2, -0.15) is 26.3 Å². The minimum absolute atomic E-state index is 0.0830. The van der Waals surface area contributed by atoms with E-state index in [4.69, 9.17) is 9.47 Å². The first-order valence-electron chi connectivity index (χ1n) is 13.9. The number of halogens is 6. The van der Waals surface area contributed by atoms with E-state index in [-0.39, 0.29) is 48.7 Å². The Morgan fingerprint density at radius 1 is 0.524 bits per heavy atom. The molecule has 2 rings (SSSR count). The van der Waals surface area contributed by atoms with E-state index in [0.717, 1.165) is 25.7 Å². The lowest BCUT2D eigenvalue weighted by Crippen LogP contribution is -2.33. The van der Waals surface area contributed by atoms with Crippen LogP contribution in [0.15, 0.2) is 48.5 Å². The molecule has 2 aromatic rings. The number of aromatic hydroxyl groups is 2. The molecule has 2 atom stereocenters. The van der Waals surface area contributed by atoms with Gasteiger partial charge in [-0.1, -0.05) is 64.2 Å². The monoisotopic (exact) mass is 606 g/mol. The number of rotatable bonds is 17. The van der Waals surface area contributed by atoms with Gasteiger partial charge in [0.15, 0.2) is 11.8 Å². The van der Waals surface area contributed by atoms with Crippen LogP contribution >= 0.6 is 0 Å². The number of phenols is 2. The summed E-state index contributed by atoms with van der Waals surface area (Å²) in [4.78, 5) is 24.1. The molecule has 6 nitrogen and oxygen atoms in total. The molecule has 0 heterocycles. The van der Waals surface area contributed by atoms with Crippen molar-refractivity contribution in [1.82, 2.24) is 0 Å². The molecule has 0 spiro atoms. The highest BCUT2D eigenvalue weighted by Crippen LogP contribution is 2.34. The Balaban J connectivity index is 1.57. The predicted molar refractivity (Wildman–Crippen MR) is 142 cm³/mol. The third-order valence-electron chi connectivity index (χ3n) is 6.71. The molecule has 0 saturated carbocycles. The Morgan fingerprint density at radius 2 is 0.786 bits per heavy atom. The van der Waals surface area contributed by atoms with Gasteiger partial charge in [-0.05, 0) is 61.4 Å². The van der Waals surface area contributed by atoms with Gasteiger partial charge in [-0.15, -0.1) is 0 Å². The van der Waals surface area contributed by atoms with Crippen LogP contribution in [0, 0.1) is 11.8 Å². The number of esters is 2. The lowest BCUT2D eigenvalue weighted by atomic mass is 9.98. The number of hydrogen-bond acceptors (Lipinski definition) is 6. The van der Waals surface area contributed by atoms with Crippen LogP contribution < -0.4 is 9.47 Å². The molecule has 42 heavy (non-hydrogen) atoms. The van der Waals surface area contributed by atoms with E-state index < -0.39 is 36.1 Å². The van der Waals surface area contributed by atoms with Crippen LogP contribution in [0.1, 0.15) is 77.0 Å². The second kappa shape index (κ2) is 16.9. The predicted octanol–water partition coefficient (Wildman–Crippen LogP) is 8.65. The van der Waals surface area contributed by atoms with Crippen molar-refractivity contribution in [3.8, 4) is 23.0 Å². The summed E-state index contributed by atoms with van der Waals surface area (Å²) in [6, 6.07) is 9.64. The summed E-state index contributed by atoms with van der Waals surface area (Å²) in [6.45, 7) is 0. The summed E-state index contributed by atoms with van der Waals surface area (Å²) in [6.07, 6.45) is -4.22. The number of carbonyl (C=O) groups excluding carboxylic acids is 2. The highest BCUT2D eigenvalue weighted by atomic mass is 19.4. The van der Waals surface area contributed by atoms with E-state index in [1.54, 1.807) is 0 Å². The van der Waals surface area contributed by atoms with Crippen molar-refractivity contribution < 1.29 is 55.6 Å². The van der Waals surface area contributed by atoms with Gasteiger partial charge >= 0.3 is 24.3 Å². The minimum atomic E-state index is -4.73. The van der Waals surface area contributed by atoms with Crippen molar-refractivity contribution >= 4 is 11.9 Å². The van der Waals surface area contributed by atoms with Crippen LogP contribution in [0.3, 0.4) is 0 Å². The summed E-state index contributed by atoms with van der Waals surface area (Å²) in [7, 11) is 0. The van der Waals surface area contributed by atoms with Gasteiger partial charge < -0.3 is 19.7 Å². The van der Waals surface area contributed by atoms with Gasteiger partial charge in [-0.25, -0.2) is 0 Å². The summed E-state index contributed by atoms with van der Waals surface area (Å²) in [5.74, 6) is -7.63. The van der Waals surface area contributed by atoms with Crippen LogP contribution in [0.4, 0.5) is 26.3 Å². The van der Waals surface area contributed by atoms with E-state index >= 15 is 0 Å². The first kappa shape index (κ1) is 34.8. The summed E-state index contributed by atoms with van der Waals surface area (Å²) < 4.78 is 89.8. The van der Waals surface area contributed by atoms with Crippen molar-refractivity contribution in [3.63, 3.8) is 0 Å². The Bertz CT molecular complexity index is 996. The smallest absolute Gasteiger partial charge is 0.402 e. The molecule has 0 fully saturated rings. The Morgan fingerprint density at radius 3 is 1.05 bits per heavy atom. The second-order valence-corrected chi connectivity index (χ2v) is 10.1. The van der Waals surface area contributed by atoms with E-state index in [0.29, 0.717) is 25.7 Å². The van der Waals surface area contributed by atoms with Crippen LogP contribution in [-0.2, 0) is 9.59 Å². The maximum absolute atomic E-state index is 13.4. The second-order valence-electron chi connectivity index (χ2n) is 10.1. The van der Waals surface area contributed by atoms with Crippen molar-refractivity contribution in [2.24, 2.45) is 11.8 Å². The number of phenolic OH excluding ortho intramolecular Hbond substituents is 2. The van der Waals surface area contributed by atoms with Crippen molar-refractivity contribution in [2.45, 2.75) is 89.4 Å². The van der Waals surface area contributed by atoms with E-state index in [1.807, 2.05) is 0 Å². The Hall–Kier alpha value is -3.44. The Labute approximate surface area is 240 Å². The number of alkyl halides is 6. The van der Waals surface area contributed by atoms with Gasteiger partial charge in [0.2, 0.25) is 0 Å². The maximum atomic E-state index is 13.4. The van der Waals surface area contributed by atoms with Crippen LogP contribution in [0.2, 0.25) is 0 Å². The molecule has 2 aromatic carbocycles. The standard InChI is InChI=1S/C30H36F6O6/c31-29(32,33)25(27(39)41-23-17-13-21(37)14-18-23)11-9-7-5-3-1-2-4-6-8-10-12-26(30(34,35)36)28(40)42-24-19-15-22(38)16-20-24/h13-20,25-26,37-38H,1-12H2. The van der Waals surface area contributed by atoms with E-state index in [9.17, 15) is 46.1 Å². The van der Waals surface area contributed by atoms with Crippen molar-refractivity contribution in [1.29, 1.82) is 0 Å². The molecule has 0 radical (unpaired) electrons. The van der Waals surface area contributed by atoms with Crippen LogP contribution in [0.25, 0.3) is 0 Å². The molecule has 12 heteroatoms. The van der Waals surface area contributed by atoms with Gasteiger partial charge in [0.05, 0.1) is 0 Å². The van der Waals surface area contributed by atoms with Crippen molar-refractivity contribution in [3.05, 3.63) is 48.5 Å². The normalized spacial score (nSPS) is 13.4. The number of unbranched alkanes of at least 4 members (excludes halogenated alkanes) is 9. The quantitative estimate of drug-likeness (QED) is 0.0811. The summed E-state index contributed by atoms with van der Waals surface area (Å²) in [5.41, 5.74) is 0. The molecule has 0 aliphatic heterocycles. The fourth-order valence-electron chi connectivity index (χ4n) is 4.34. The SMILES string of the molecule is O=C(Oc1ccc(O)cc1)C(CCCCCCCCCCCCC(C(=O)Oc1ccc(O)cc1)C(F)(F)F)C(F)(F)F. The first-order valence-corrected chi connectivity index (χ1v) is 13.9. The molecular weight excluding hydrogens is 570 g/mol. The molecule has 0 saturated heterocycles. The zero-order chi connectivity index (χ0) is 31.2. The molecule has 2 N–H and O–H groups in total. The molecule has 234 valence electrons. The number of ether oxygens (including phenoxy) is 2. The molecule has 2 unspecified atom stereocenters. The molecule has 0 amide bonds. The first-order chi connectivity index (χ1) is 19.8. The van der Waals surface area contributed by atoms with Crippen molar-refractivity contribution in [2.75, 3.05) is 0 Å². The van der Waals surface area contributed by atoms with Gasteiger partial charge in [-0.3, -0.25) is 9.59 Å². The largest absolute Gasteiger partial charge is 0.508 e. The number of benzene rings is 2. The van der Waals surface area contributed by atoms with E-state index in [1.165, 1.54) is 48.5 Å². The zero-order valence-corrected chi connectivity index (χ0v) is 23.1. The Kier molecular flexibility index (Phi) is 14.0. The highest BCUT2D eigenvalue weighted by molar-refractivity contribution is 5.76. The zero-order valence-electron chi connectivity index (χ0n) is 23.1. The fraction of sp³-hybridized carbons (Fsp3) is 0.533. The molecular formula is C30H36F6O6. The summed E-state index contributed by atoms with van der Waals surface area (Å²) in [5, 5.41) is 18.5. The third-order valence-corrected chi connectivity index (χ3v) is 6.71. The lowest BCUT2D eigenvalue weighted by Gasteiger charge is -2.19. The molecule has 0 aliphatic rings. The molecule has 0 aliphatic carbocycles. The number of carbonyl (C=O) groups is 2. The van der Waals surface area contributed by atoms with E-state index in [2.05, 4.69) is 0 Å². The van der Waals surface area contributed by atoms with Gasteiger partial charge in [0, 0.05) is 0 Å². The molecule has 0 aromatic heterocycles. The van der Waals surface area contributed by atoms with Crippen LogP contribution in [-0.4, -0.2) is 34.5 Å². The minimum Gasteiger partial charge on any atom is -0.508 e. The van der Waals surface area contributed by atoms with Crippen LogP contribution in [0.5, 0.6) is 23.0 Å². The number of hydrogen-bond donors (Lipinski definition) is 2. The maximum Gasteiger partial charge on any atom is 0.402 e. The third kappa shape index (κ3) is 13.0. The molecule has 0 bridgehead atoms.